The lowest BCUT2D eigenvalue weighted by molar-refractivity contribution is -0.383. The zero-order valence-corrected chi connectivity index (χ0v) is 11.3. The van der Waals surface area contributed by atoms with Gasteiger partial charge in [0.1, 0.15) is 11.4 Å². The molecule has 1 aliphatic heterocycles. The first-order valence-electron chi connectivity index (χ1n) is 6.53. The molecule has 0 aromatic heterocycles. The number of nitrogens with one attached hydrogen (secondary N) is 1. The first-order valence-corrected chi connectivity index (χ1v) is 6.53. The van der Waals surface area contributed by atoms with Crippen LogP contribution in [0.15, 0.2) is 18.2 Å². The van der Waals surface area contributed by atoms with Crippen molar-refractivity contribution < 1.29 is 4.92 Å². The highest BCUT2D eigenvalue weighted by Crippen LogP contribution is 2.38. The molecule has 3 N–H and O–H groups in total. The first kappa shape index (κ1) is 13.6. The Hall–Kier alpha value is -1.82. The molecule has 0 amide bonds. The van der Waals surface area contributed by atoms with Crippen molar-refractivity contribution in [2.45, 2.75) is 20.3 Å². The van der Waals surface area contributed by atoms with E-state index < -0.39 is 0 Å². The second-order valence-electron chi connectivity index (χ2n) is 5.31. The molecule has 0 bridgehead atoms. The number of nitrogens with two attached hydrogens (primary N) is 1. The summed E-state index contributed by atoms with van der Waals surface area (Å²) < 4.78 is 0. The van der Waals surface area contributed by atoms with Crippen molar-refractivity contribution in [3.05, 3.63) is 28.3 Å². The molecule has 0 radical (unpaired) electrons. The highest BCUT2D eigenvalue weighted by atomic mass is 16.6. The minimum absolute atomic E-state index is 0.0643. The number of para-hydroxylation sites is 1. The van der Waals surface area contributed by atoms with E-state index in [1.807, 2.05) is 0 Å². The number of nitrogens with zero attached hydrogens (tertiary/aromatic N) is 2. The fraction of sp³-hybridized carbons (Fsp3) is 0.538. The summed E-state index contributed by atoms with van der Waals surface area (Å²) in [4.78, 5) is 13.0. The maximum absolute atomic E-state index is 11.3. The summed E-state index contributed by atoms with van der Waals surface area (Å²) in [5, 5.41) is 11.3. The summed E-state index contributed by atoms with van der Waals surface area (Å²) in [7, 11) is 0. The van der Waals surface area contributed by atoms with Gasteiger partial charge in [-0.15, -0.1) is 0 Å². The third-order valence-electron chi connectivity index (χ3n) is 3.86. The Bertz CT molecular complexity index is 476. The fourth-order valence-electron chi connectivity index (χ4n) is 2.65. The number of nitro benzene ring substituents is 1. The molecule has 6 nitrogen and oxygen atoms in total. The highest BCUT2D eigenvalue weighted by Gasteiger charge is 2.30. The molecule has 19 heavy (non-hydrogen) atoms. The van der Waals surface area contributed by atoms with Gasteiger partial charge >= 0.3 is 5.69 Å². The van der Waals surface area contributed by atoms with Crippen LogP contribution in [0.1, 0.15) is 20.3 Å². The number of hydrogen-bond donors (Lipinski definition) is 2. The summed E-state index contributed by atoms with van der Waals surface area (Å²) in [5.41, 5.74) is 3.48. The maximum atomic E-state index is 11.3. The Morgan fingerprint density at radius 1 is 1.53 bits per heavy atom. The van der Waals surface area contributed by atoms with E-state index in [2.05, 4.69) is 24.2 Å². The Morgan fingerprint density at radius 3 is 2.79 bits per heavy atom. The van der Waals surface area contributed by atoms with E-state index in [1.54, 1.807) is 18.2 Å². The molecular weight excluding hydrogens is 244 g/mol. The Kier molecular flexibility index (Phi) is 3.90. The minimum Gasteiger partial charge on any atom is -0.366 e. The zero-order chi connectivity index (χ0) is 14.0. The average Bonchev–Trinajstić information content (AvgIpc) is 2.87. The van der Waals surface area contributed by atoms with Crippen molar-refractivity contribution in [2.24, 2.45) is 17.7 Å². The standard InChI is InChI=1S/C13H20N4O2/c1-9(2)10-6-7-16(8-10)12-5-3-4-11(15-14)13(12)17(18)19/h3-5,9-10,15H,6-8,14H2,1-2H3. The summed E-state index contributed by atoms with van der Waals surface area (Å²) in [6, 6.07) is 5.21. The number of anilines is 2. The lowest BCUT2D eigenvalue weighted by Crippen LogP contribution is -2.22. The molecular formula is C13H20N4O2. The van der Waals surface area contributed by atoms with Gasteiger partial charge < -0.3 is 10.3 Å². The van der Waals surface area contributed by atoms with Gasteiger partial charge in [0.25, 0.3) is 0 Å². The van der Waals surface area contributed by atoms with Gasteiger partial charge in [-0.25, -0.2) is 0 Å². The van der Waals surface area contributed by atoms with Crippen LogP contribution in [0.5, 0.6) is 0 Å². The quantitative estimate of drug-likeness (QED) is 0.495. The van der Waals surface area contributed by atoms with Crippen LogP contribution in [0.4, 0.5) is 17.1 Å². The third-order valence-corrected chi connectivity index (χ3v) is 3.86. The maximum Gasteiger partial charge on any atom is 0.316 e. The summed E-state index contributed by atoms with van der Waals surface area (Å²) in [5.74, 6) is 6.55. The fourth-order valence-corrected chi connectivity index (χ4v) is 2.65. The van der Waals surface area contributed by atoms with Crippen molar-refractivity contribution in [1.29, 1.82) is 0 Å². The van der Waals surface area contributed by atoms with Crippen LogP contribution in [0.2, 0.25) is 0 Å². The molecule has 1 heterocycles. The molecule has 1 aliphatic rings. The molecule has 1 atom stereocenters. The van der Waals surface area contributed by atoms with Crippen molar-refractivity contribution in [3.63, 3.8) is 0 Å². The zero-order valence-electron chi connectivity index (χ0n) is 11.3. The lowest BCUT2D eigenvalue weighted by atomic mass is 9.95. The van der Waals surface area contributed by atoms with Crippen LogP contribution in [-0.4, -0.2) is 18.0 Å². The average molecular weight is 264 g/mol. The lowest BCUT2D eigenvalue weighted by Gasteiger charge is -2.20. The molecule has 1 saturated heterocycles. The van der Waals surface area contributed by atoms with Crippen LogP contribution in [-0.2, 0) is 0 Å². The van der Waals surface area contributed by atoms with E-state index in [0.29, 0.717) is 23.2 Å². The number of nitro groups is 1. The Labute approximate surface area is 112 Å². The van der Waals surface area contributed by atoms with E-state index in [1.165, 1.54) is 0 Å². The second-order valence-corrected chi connectivity index (χ2v) is 5.31. The molecule has 2 rings (SSSR count). The predicted octanol–water partition coefficient (Wildman–Crippen LogP) is 2.36. The van der Waals surface area contributed by atoms with Gasteiger partial charge in [-0.1, -0.05) is 19.9 Å². The molecule has 1 aromatic rings. The number of benzene rings is 1. The van der Waals surface area contributed by atoms with Crippen LogP contribution in [0, 0.1) is 22.0 Å². The van der Waals surface area contributed by atoms with Crippen LogP contribution in [0.25, 0.3) is 0 Å². The van der Waals surface area contributed by atoms with Gasteiger partial charge in [-0.3, -0.25) is 16.0 Å². The summed E-state index contributed by atoms with van der Waals surface area (Å²) >= 11 is 0. The molecule has 1 unspecified atom stereocenters. The molecule has 0 aliphatic carbocycles. The van der Waals surface area contributed by atoms with E-state index >= 15 is 0 Å². The van der Waals surface area contributed by atoms with E-state index in [0.717, 1.165) is 19.5 Å². The highest BCUT2D eigenvalue weighted by molar-refractivity contribution is 5.76. The molecule has 6 heteroatoms. The van der Waals surface area contributed by atoms with Gasteiger partial charge in [0.2, 0.25) is 0 Å². The largest absolute Gasteiger partial charge is 0.366 e. The molecule has 1 aromatic carbocycles. The van der Waals surface area contributed by atoms with Gasteiger partial charge in [-0.05, 0) is 30.4 Å². The molecule has 0 saturated carbocycles. The van der Waals surface area contributed by atoms with Crippen LogP contribution >= 0.6 is 0 Å². The Balaban J connectivity index is 2.33. The summed E-state index contributed by atoms with van der Waals surface area (Å²) in [6.45, 7) is 6.12. The molecule has 1 fully saturated rings. The number of nitrogen functional groups attached to an aromatic ring is 1. The van der Waals surface area contributed by atoms with E-state index in [-0.39, 0.29) is 10.6 Å². The number of rotatable bonds is 4. The van der Waals surface area contributed by atoms with Gasteiger partial charge in [0.15, 0.2) is 0 Å². The monoisotopic (exact) mass is 264 g/mol. The first-order chi connectivity index (χ1) is 9.04. The topological polar surface area (TPSA) is 84.4 Å². The number of hydrogen-bond acceptors (Lipinski definition) is 5. The van der Waals surface area contributed by atoms with E-state index in [4.69, 9.17) is 5.84 Å². The van der Waals surface area contributed by atoms with Gasteiger partial charge in [0, 0.05) is 13.1 Å². The predicted molar refractivity (Wildman–Crippen MR) is 76.1 cm³/mol. The minimum atomic E-state index is -0.368. The normalized spacial score (nSPS) is 18.9. The Morgan fingerprint density at radius 2 is 2.26 bits per heavy atom. The second kappa shape index (κ2) is 5.44. The number of hydrazine groups is 1. The molecule has 104 valence electrons. The van der Waals surface area contributed by atoms with Crippen molar-refractivity contribution >= 4 is 17.1 Å². The summed E-state index contributed by atoms with van der Waals surface area (Å²) in [6.07, 6.45) is 1.08. The van der Waals surface area contributed by atoms with Crippen molar-refractivity contribution in [2.75, 3.05) is 23.4 Å². The van der Waals surface area contributed by atoms with Crippen LogP contribution in [0.3, 0.4) is 0 Å². The van der Waals surface area contributed by atoms with E-state index in [9.17, 15) is 10.1 Å². The van der Waals surface area contributed by atoms with Gasteiger partial charge in [0.05, 0.1) is 4.92 Å². The van der Waals surface area contributed by atoms with Gasteiger partial charge in [-0.2, -0.15) is 0 Å². The molecule has 0 spiro atoms. The SMILES string of the molecule is CC(C)C1CCN(c2cccc(NN)c2[N+](=O)[O-])C1. The van der Waals surface area contributed by atoms with Crippen molar-refractivity contribution in [1.82, 2.24) is 0 Å². The van der Waals surface area contributed by atoms with Crippen molar-refractivity contribution in [3.8, 4) is 0 Å². The van der Waals surface area contributed by atoms with Crippen LogP contribution < -0.4 is 16.2 Å². The third kappa shape index (κ3) is 2.63. The smallest absolute Gasteiger partial charge is 0.316 e.